The van der Waals surface area contributed by atoms with Gasteiger partial charge in [-0.15, -0.1) is 12.4 Å². The van der Waals surface area contributed by atoms with Crippen molar-refractivity contribution in [1.82, 2.24) is 15.5 Å². The minimum Gasteiger partial charge on any atom is -0.486 e. The van der Waals surface area contributed by atoms with E-state index in [1.807, 2.05) is 19.1 Å². The zero-order valence-corrected chi connectivity index (χ0v) is 14.3. The van der Waals surface area contributed by atoms with Crippen LogP contribution in [-0.4, -0.2) is 48.2 Å². The van der Waals surface area contributed by atoms with Gasteiger partial charge in [-0.1, -0.05) is 0 Å². The Balaban J connectivity index is 0.00000208. The minimum absolute atomic E-state index is 0. The Labute approximate surface area is 145 Å². The Morgan fingerprint density at radius 3 is 3.08 bits per heavy atom. The van der Waals surface area contributed by atoms with Gasteiger partial charge < -0.3 is 25.3 Å². The lowest BCUT2D eigenvalue weighted by atomic mass is 10.0. The number of amides is 1. The molecule has 1 aromatic heterocycles. The topological polar surface area (TPSA) is 111 Å². The lowest BCUT2D eigenvalue weighted by Crippen LogP contribution is -2.51. The van der Waals surface area contributed by atoms with Gasteiger partial charge in [-0.2, -0.15) is 5.10 Å². The molecule has 1 aliphatic rings. The highest BCUT2D eigenvalue weighted by molar-refractivity contribution is 5.87. The van der Waals surface area contributed by atoms with Crippen molar-refractivity contribution in [2.75, 3.05) is 13.7 Å². The van der Waals surface area contributed by atoms with Gasteiger partial charge in [0, 0.05) is 11.4 Å². The van der Waals surface area contributed by atoms with E-state index in [0.717, 1.165) is 10.9 Å². The Morgan fingerprint density at radius 1 is 1.58 bits per heavy atom. The maximum absolute atomic E-state index is 11.6. The molecular formula is C15H21ClN4O4. The van der Waals surface area contributed by atoms with Crippen molar-refractivity contribution in [3.05, 3.63) is 18.3 Å². The number of ether oxygens (including phenoxy) is 3. The summed E-state index contributed by atoms with van der Waals surface area (Å²) in [6.07, 6.45) is 1.36. The molecule has 2 unspecified atom stereocenters. The van der Waals surface area contributed by atoms with Gasteiger partial charge in [-0.3, -0.25) is 5.10 Å². The lowest BCUT2D eigenvalue weighted by Gasteiger charge is -2.33. The van der Waals surface area contributed by atoms with E-state index in [9.17, 15) is 4.79 Å². The first-order chi connectivity index (χ1) is 11.1. The molecule has 9 heteroatoms. The molecule has 0 radical (unpaired) electrons. The van der Waals surface area contributed by atoms with E-state index in [1.54, 1.807) is 6.20 Å². The number of carbonyl (C=O) groups is 1. The summed E-state index contributed by atoms with van der Waals surface area (Å²) in [5.74, 6) is 1.24. The first-order valence-electron chi connectivity index (χ1n) is 7.44. The number of nitrogens with zero attached hydrogens (tertiary/aromatic N) is 1. The third kappa shape index (κ3) is 3.65. The average molecular weight is 357 g/mol. The van der Waals surface area contributed by atoms with Gasteiger partial charge >= 0.3 is 6.09 Å². The van der Waals surface area contributed by atoms with Gasteiger partial charge in [-0.25, -0.2) is 4.79 Å². The van der Waals surface area contributed by atoms with Crippen LogP contribution in [0.3, 0.4) is 0 Å². The molecule has 132 valence electrons. The SMILES string of the molecule is COC(=O)N[C@H](CC(C)N)C1COc2ccc3cn[nH]c3c2O1.Cl. The molecule has 3 rings (SSSR count). The van der Waals surface area contributed by atoms with E-state index in [0.29, 0.717) is 24.5 Å². The van der Waals surface area contributed by atoms with Crippen LogP contribution < -0.4 is 20.5 Å². The summed E-state index contributed by atoms with van der Waals surface area (Å²) in [5.41, 5.74) is 6.65. The smallest absolute Gasteiger partial charge is 0.407 e. The lowest BCUT2D eigenvalue weighted by molar-refractivity contribution is 0.0576. The monoisotopic (exact) mass is 356 g/mol. The molecule has 24 heavy (non-hydrogen) atoms. The van der Waals surface area contributed by atoms with Crippen molar-refractivity contribution in [2.24, 2.45) is 5.73 Å². The number of H-pyrrole nitrogens is 1. The van der Waals surface area contributed by atoms with Gasteiger partial charge in [0.15, 0.2) is 17.6 Å². The molecule has 2 heterocycles. The van der Waals surface area contributed by atoms with Crippen molar-refractivity contribution in [2.45, 2.75) is 31.5 Å². The predicted octanol–water partition coefficient (Wildman–Crippen LogP) is 1.59. The van der Waals surface area contributed by atoms with E-state index >= 15 is 0 Å². The van der Waals surface area contributed by atoms with Crippen LogP contribution in [0, 0.1) is 0 Å². The zero-order chi connectivity index (χ0) is 16.4. The van der Waals surface area contributed by atoms with Gasteiger partial charge in [0.2, 0.25) is 0 Å². The van der Waals surface area contributed by atoms with Crippen LogP contribution in [-0.2, 0) is 4.74 Å². The maximum atomic E-state index is 11.6. The number of nitrogens with two attached hydrogens (primary N) is 1. The predicted molar refractivity (Wildman–Crippen MR) is 90.8 cm³/mol. The number of rotatable bonds is 4. The first kappa shape index (κ1) is 18.2. The quantitative estimate of drug-likeness (QED) is 0.767. The Hall–Kier alpha value is -2.19. The standard InChI is InChI=1S/C15H20N4O4.ClH/c1-8(16)5-10(18-15(20)21-2)12-7-22-11-4-3-9-6-17-19-13(9)14(11)23-12;/h3-4,6,8,10,12H,5,7,16H2,1-2H3,(H,17,19)(H,18,20);1H/t8?,10-,12?;/m1./s1. The van der Waals surface area contributed by atoms with E-state index in [2.05, 4.69) is 20.3 Å². The number of carbonyl (C=O) groups excluding carboxylic acids is 1. The number of methoxy groups -OCH3 is 1. The molecule has 8 nitrogen and oxygen atoms in total. The van der Waals surface area contributed by atoms with Crippen molar-refractivity contribution in [3.63, 3.8) is 0 Å². The summed E-state index contributed by atoms with van der Waals surface area (Å²) in [6, 6.07) is 3.32. The molecule has 0 spiro atoms. The zero-order valence-electron chi connectivity index (χ0n) is 13.4. The molecule has 1 amide bonds. The number of hydrogen-bond acceptors (Lipinski definition) is 6. The Bertz CT molecular complexity index is 706. The second-order valence-corrected chi connectivity index (χ2v) is 5.65. The fourth-order valence-corrected chi connectivity index (χ4v) is 2.67. The first-order valence-corrected chi connectivity index (χ1v) is 7.44. The largest absolute Gasteiger partial charge is 0.486 e. The molecule has 0 saturated heterocycles. The highest BCUT2D eigenvalue weighted by atomic mass is 35.5. The molecule has 1 aliphatic heterocycles. The van der Waals surface area contributed by atoms with Gasteiger partial charge in [0.05, 0.1) is 19.3 Å². The fourth-order valence-electron chi connectivity index (χ4n) is 2.67. The molecule has 3 atom stereocenters. The second kappa shape index (κ2) is 7.59. The van der Waals surface area contributed by atoms with Crippen molar-refractivity contribution in [3.8, 4) is 11.5 Å². The molecule has 1 aromatic carbocycles. The second-order valence-electron chi connectivity index (χ2n) is 5.65. The van der Waals surface area contributed by atoms with E-state index in [-0.39, 0.29) is 30.6 Å². The molecular weight excluding hydrogens is 336 g/mol. The van der Waals surface area contributed by atoms with Crippen molar-refractivity contribution in [1.29, 1.82) is 0 Å². The highest BCUT2D eigenvalue weighted by Gasteiger charge is 2.32. The fraction of sp³-hybridized carbons (Fsp3) is 0.467. The summed E-state index contributed by atoms with van der Waals surface area (Å²) in [6.45, 7) is 2.19. The minimum atomic E-state index is -0.523. The van der Waals surface area contributed by atoms with Crippen LogP contribution in [0.25, 0.3) is 10.9 Å². The highest BCUT2D eigenvalue weighted by Crippen LogP contribution is 2.38. The van der Waals surface area contributed by atoms with E-state index in [4.69, 9.17) is 15.2 Å². The number of hydrogen-bond donors (Lipinski definition) is 3. The van der Waals surface area contributed by atoms with Crippen LogP contribution in [0.1, 0.15) is 13.3 Å². The molecule has 0 bridgehead atoms. The van der Waals surface area contributed by atoms with E-state index in [1.165, 1.54) is 7.11 Å². The third-order valence-corrected chi connectivity index (χ3v) is 3.77. The normalized spacial score (nSPS) is 18.4. The van der Waals surface area contributed by atoms with Crippen LogP contribution >= 0.6 is 12.4 Å². The summed E-state index contributed by atoms with van der Waals surface area (Å²) >= 11 is 0. The number of halogens is 1. The van der Waals surface area contributed by atoms with Crippen LogP contribution in [0.2, 0.25) is 0 Å². The maximum Gasteiger partial charge on any atom is 0.407 e. The number of aromatic amines is 1. The summed E-state index contributed by atoms with van der Waals surface area (Å²) < 4.78 is 16.6. The summed E-state index contributed by atoms with van der Waals surface area (Å²) in [7, 11) is 1.32. The molecule has 0 saturated carbocycles. The van der Waals surface area contributed by atoms with Crippen LogP contribution in [0.15, 0.2) is 18.3 Å². The van der Waals surface area contributed by atoms with Gasteiger partial charge in [0.1, 0.15) is 12.1 Å². The number of fused-ring (bicyclic) bond motifs is 3. The molecule has 0 aliphatic carbocycles. The van der Waals surface area contributed by atoms with Gasteiger partial charge in [0.25, 0.3) is 0 Å². The Kier molecular flexibility index (Phi) is 5.74. The number of benzene rings is 1. The van der Waals surface area contributed by atoms with Crippen molar-refractivity contribution < 1.29 is 19.0 Å². The van der Waals surface area contributed by atoms with Crippen molar-refractivity contribution >= 4 is 29.4 Å². The van der Waals surface area contributed by atoms with Crippen LogP contribution in [0.5, 0.6) is 11.5 Å². The number of alkyl carbamates (subject to hydrolysis) is 1. The molecule has 2 aromatic rings. The van der Waals surface area contributed by atoms with Crippen LogP contribution in [0.4, 0.5) is 4.79 Å². The summed E-state index contributed by atoms with van der Waals surface area (Å²) in [5, 5.41) is 10.6. The third-order valence-electron chi connectivity index (χ3n) is 3.77. The molecule has 4 N–H and O–H groups in total. The average Bonchev–Trinajstić information content (AvgIpc) is 3.02. The molecule has 0 fully saturated rings. The number of nitrogens with one attached hydrogen (secondary N) is 2. The number of aromatic nitrogens is 2. The Morgan fingerprint density at radius 2 is 2.38 bits per heavy atom. The summed E-state index contributed by atoms with van der Waals surface area (Å²) in [4.78, 5) is 11.6. The van der Waals surface area contributed by atoms with Gasteiger partial charge in [-0.05, 0) is 25.5 Å². The van der Waals surface area contributed by atoms with E-state index < -0.39 is 6.09 Å².